The molecule has 1 N–H and O–H groups in total. The van der Waals surface area contributed by atoms with E-state index in [0.29, 0.717) is 6.61 Å². The first-order valence-electron chi connectivity index (χ1n) is 6.91. The topological polar surface area (TPSA) is 33.7 Å². The lowest BCUT2D eigenvalue weighted by Crippen LogP contribution is -2.27. The molecule has 0 heterocycles. The number of benzene rings is 1. The highest BCUT2D eigenvalue weighted by atomic mass is 16.5. The highest BCUT2D eigenvalue weighted by Crippen LogP contribution is 2.27. The molecule has 0 atom stereocenters. The first-order chi connectivity index (χ1) is 9.24. The molecule has 0 amide bonds. The molecule has 0 aliphatic carbocycles. The van der Waals surface area contributed by atoms with E-state index in [1.807, 2.05) is 19.2 Å². The Morgan fingerprint density at radius 1 is 1.16 bits per heavy atom. The van der Waals surface area contributed by atoms with Crippen LogP contribution in [0.25, 0.3) is 0 Å². The molecule has 19 heavy (non-hydrogen) atoms. The molecule has 0 spiro atoms. The van der Waals surface area contributed by atoms with E-state index < -0.39 is 0 Å². The summed E-state index contributed by atoms with van der Waals surface area (Å²) in [5.41, 5.74) is 1.19. The van der Waals surface area contributed by atoms with Gasteiger partial charge in [0.1, 0.15) is 6.61 Å². The van der Waals surface area contributed by atoms with Gasteiger partial charge in [0.2, 0.25) is 0 Å². The van der Waals surface area contributed by atoms with E-state index in [4.69, 9.17) is 9.47 Å². The molecule has 0 unspecified atom stereocenters. The molecule has 0 aromatic heterocycles. The Morgan fingerprint density at radius 3 is 2.47 bits per heavy atom. The minimum atomic E-state index is 0.684. The second kappa shape index (κ2) is 8.77. The van der Waals surface area contributed by atoms with Crippen molar-refractivity contribution in [3.05, 3.63) is 23.8 Å². The van der Waals surface area contributed by atoms with E-state index in [2.05, 4.69) is 30.1 Å². The molecule has 4 heteroatoms. The Kier molecular flexibility index (Phi) is 7.30. The Bertz CT molecular complexity index is 365. The Balaban J connectivity index is 2.57. The zero-order valence-corrected chi connectivity index (χ0v) is 12.5. The normalized spacial score (nSPS) is 10.8. The molecule has 1 aromatic rings. The van der Waals surface area contributed by atoms with Gasteiger partial charge in [-0.15, -0.1) is 0 Å². The van der Waals surface area contributed by atoms with Crippen LogP contribution in [0, 0.1) is 0 Å². The minimum Gasteiger partial charge on any atom is -0.493 e. The quantitative estimate of drug-likeness (QED) is 0.742. The molecule has 0 aliphatic heterocycles. The van der Waals surface area contributed by atoms with Crippen LogP contribution in [0.2, 0.25) is 0 Å². The second-order valence-electron chi connectivity index (χ2n) is 4.39. The van der Waals surface area contributed by atoms with Crippen molar-refractivity contribution in [1.82, 2.24) is 10.2 Å². The Morgan fingerprint density at radius 2 is 1.89 bits per heavy atom. The van der Waals surface area contributed by atoms with E-state index in [-0.39, 0.29) is 0 Å². The van der Waals surface area contributed by atoms with Crippen LogP contribution in [0.3, 0.4) is 0 Å². The van der Waals surface area contributed by atoms with Crippen molar-refractivity contribution >= 4 is 0 Å². The van der Waals surface area contributed by atoms with E-state index in [0.717, 1.165) is 37.7 Å². The first kappa shape index (κ1) is 15.8. The van der Waals surface area contributed by atoms with Gasteiger partial charge in [0.25, 0.3) is 0 Å². The van der Waals surface area contributed by atoms with E-state index >= 15 is 0 Å². The smallest absolute Gasteiger partial charge is 0.161 e. The van der Waals surface area contributed by atoms with Crippen LogP contribution >= 0.6 is 0 Å². The van der Waals surface area contributed by atoms with Crippen molar-refractivity contribution in [1.29, 1.82) is 0 Å². The lowest BCUT2D eigenvalue weighted by molar-refractivity contribution is 0.217. The summed E-state index contributed by atoms with van der Waals surface area (Å²) >= 11 is 0. The predicted octanol–water partition coefficient (Wildman–Crippen LogP) is 2.14. The highest BCUT2D eigenvalue weighted by Gasteiger charge is 2.06. The third-order valence-corrected chi connectivity index (χ3v) is 3.17. The van der Waals surface area contributed by atoms with Gasteiger partial charge in [-0.05, 0) is 37.8 Å². The summed E-state index contributed by atoms with van der Waals surface area (Å²) in [4.78, 5) is 2.34. The van der Waals surface area contributed by atoms with Gasteiger partial charge < -0.3 is 19.7 Å². The third-order valence-electron chi connectivity index (χ3n) is 3.17. The average Bonchev–Trinajstić information content (AvgIpc) is 2.45. The van der Waals surface area contributed by atoms with Crippen LogP contribution in [0.15, 0.2) is 18.2 Å². The van der Waals surface area contributed by atoms with Crippen LogP contribution in [-0.2, 0) is 6.54 Å². The molecule has 0 saturated heterocycles. The summed E-state index contributed by atoms with van der Waals surface area (Å²) in [6.07, 6.45) is 0. The fourth-order valence-electron chi connectivity index (χ4n) is 1.97. The van der Waals surface area contributed by atoms with Crippen molar-refractivity contribution in [2.75, 3.05) is 40.4 Å². The monoisotopic (exact) mass is 266 g/mol. The zero-order valence-electron chi connectivity index (χ0n) is 12.5. The maximum absolute atomic E-state index is 5.81. The summed E-state index contributed by atoms with van der Waals surface area (Å²) in [5.74, 6) is 1.61. The molecule has 0 saturated carbocycles. The molecule has 108 valence electrons. The summed E-state index contributed by atoms with van der Waals surface area (Å²) in [5, 5.41) is 3.13. The van der Waals surface area contributed by atoms with Gasteiger partial charge in [0.05, 0.1) is 7.11 Å². The predicted molar refractivity (Wildman–Crippen MR) is 79.0 cm³/mol. The molecule has 0 bridgehead atoms. The van der Waals surface area contributed by atoms with Crippen molar-refractivity contribution in [3.63, 3.8) is 0 Å². The Labute approximate surface area is 116 Å². The zero-order chi connectivity index (χ0) is 14.1. The number of rotatable bonds is 9. The summed E-state index contributed by atoms with van der Waals surface area (Å²) in [7, 11) is 3.61. The number of methoxy groups -OCH3 is 1. The van der Waals surface area contributed by atoms with Crippen molar-refractivity contribution in [2.24, 2.45) is 0 Å². The van der Waals surface area contributed by atoms with Gasteiger partial charge in [-0.1, -0.05) is 19.9 Å². The van der Waals surface area contributed by atoms with Crippen molar-refractivity contribution < 1.29 is 9.47 Å². The molecule has 4 nitrogen and oxygen atoms in total. The van der Waals surface area contributed by atoms with Crippen LogP contribution in [0.4, 0.5) is 0 Å². The van der Waals surface area contributed by atoms with E-state index in [1.54, 1.807) is 7.11 Å². The SMILES string of the molecule is CCN(CC)CCOc1ccc(CNC)cc1OC. The third kappa shape index (κ3) is 5.09. The summed E-state index contributed by atoms with van der Waals surface area (Å²) in [6, 6.07) is 6.06. The molecule has 1 rings (SSSR count). The van der Waals surface area contributed by atoms with Crippen LogP contribution < -0.4 is 14.8 Å². The van der Waals surface area contributed by atoms with Crippen molar-refractivity contribution in [3.8, 4) is 11.5 Å². The maximum Gasteiger partial charge on any atom is 0.161 e. The second-order valence-corrected chi connectivity index (χ2v) is 4.39. The number of hydrogen-bond acceptors (Lipinski definition) is 4. The molecular weight excluding hydrogens is 240 g/mol. The summed E-state index contributed by atoms with van der Waals surface area (Å²) in [6.45, 7) is 8.89. The highest BCUT2D eigenvalue weighted by molar-refractivity contribution is 5.42. The van der Waals surface area contributed by atoms with Gasteiger partial charge in [-0.3, -0.25) is 0 Å². The number of hydrogen-bond donors (Lipinski definition) is 1. The number of ether oxygens (including phenoxy) is 2. The average molecular weight is 266 g/mol. The summed E-state index contributed by atoms with van der Waals surface area (Å²) < 4.78 is 11.2. The molecule has 0 fully saturated rings. The van der Waals surface area contributed by atoms with Gasteiger partial charge in [0.15, 0.2) is 11.5 Å². The first-order valence-corrected chi connectivity index (χ1v) is 6.91. The fraction of sp³-hybridized carbons (Fsp3) is 0.600. The van der Waals surface area contributed by atoms with E-state index in [1.165, 1.54) is 5.56 Å². The lowest BCUT2D eigenvalue weighted by atomic mass is 10.2. The molecule has 0 aliphatic rings. The standard InChI is InChI=1S/C15H26N2O2/c1-5-17(6-2)9-10-19-14-8-7-13(12-16-3)11-15(14)18-4/h7-8,11,16H,5-6,9-10,12H2,1-4H3. The van der Waals surface area contributed by atoms with Crippen LogP contribution in [0.1, 0.15) is 19.4 Å². The minimum absolute atomic E-state index is 0.684. The van der Waals surface area contributed by atoms with Gasteiger partial charge in [-0.25, -0.2) is 0 Å². The molecular formula is C15H26N2O2. The largest absolute Gasteiger partial charge is 0.493 e. The number of nitrogens with one attached hydrogen (secondary N) is 1. The number of likely N-dealkylation sites (N-methyl/N-ethyl adjacent to an activating group) is 1. The number of nitrogens with zero attached hydrogens (tertiary/aromatic N) is 1. The lowest BCUT2D eigenvalue weighted by Gasteiger charge is -2.19. The van der Waals surface area contributed by atoms with E-state index in [9.17, 15) is 0 Å². The molecule has 0 radical (unpaired) electrons. The van der Waals surface area contributed by atoms with Gasteiger partial charge >= 0.3 is 0 Å². The van der Waals surface area contributed by atoms with Gasteiger partial charge in [0, 0.05) is 13.1 Å². The molecule has 1 aromatic carbocycles. The van der Waals surface area contributed by atoms with Gasteiger partial charge in [-0.2, -0.15) is 0 Å². The van der Waals surface area contributed by atoms with Crippen LogP contribution in [-0.4, -0.2) is 45.3 Å². The van der Waals surface area contributed by atoms with Crippen molar-refractivity contribution in [2.45, 2.75) is 20.4 Å². The maximum atomic E-state index is 5.81. The Hall–Kier alpha value is -1.26. The fourth-order valence-corrected chi connectivity index (χ4v) is 1.97. The van der Waals surface area contributed by atoms with Crippen LogP contribution in [0.5, 0.6) is 11.5 Å².